The van der Waals surface area contributed by atoms with Gasteiger partial charge in [-0.2, -0.15) is 0 Å². The van der Waals surface area contributed by atoms with E-state index in [1.54, 1.807) is 95.0 Å². The minimum atomic E-state index is -0.973. The molecular weight excluding hydrogens is 919 g/mol. The Hall–Kier alpha value is -8.68. The smallest absolute Gasteiger partial charge is 0.330 e. The molecule has 1 aliphatic rings. The zero-order valence-electron chi connectivity index (χ0n) is 42.0. The maximum atomic E-state index is 12.3. The van der Waals surface area contributed by atoms with E-state index in [1.165, 1.54) is 6.08 Å². The Morgan fingerprint density at radius 3 is 1.47 bits per heavy atom. The summed E-state index contributed by atoms with van der Waals surface area (Å²) in [4.78, 5) is 73.5. The summed E-state index contributed by atoms with van der Waals surface area (Å²) in [7, 11) is 0. The maximum absolute atomic E-state index is 12.3. The molecule has 0 atom stereocenters. The number of aliphatic carboxylic acids is 1. The van der Waals surface area contributed by atoms with Gasteiger partial charge in [0.15, 0.2) is 11.5 Å². The number of nitrogens with zero attached hydrogens (tertiary/aromatic N) is 12. The Balaban J connectivity index is 0.000000181. The quantitative estimate of drug-likeness (QED) is 0.0768. The van der Waals surface area contributed by atoms with Gasteiger partial charge in [-0.3, -0.25) is 18.5 Å². The number of ether oxygens (including phenoxy) is 3. The fraction of sp³-hybridized carbons (Fsp3) is 0.308. The number of rotatable bonds is 15. The minimum absolute atomic E-state index is 0.179. The number of carboxylic acid groups (broad SMARTS) is 1. The summed E-state index contributed by atoms with van der Waals surface area (Å²) in [6, 6.07) is 11.3. The third kappa shape index (κ3) is 14.7. The van der Waals surface area contributed by atoms with Crippen LogP contribution in [0.15, 0.2) is 129 Å². The van der Waals surface area contributed by atoms with Gasteiger partial charge < -0.3 is 24.6 Å². The van der Waals surface area contributed by atoms with Crippen LogP contribution in [-0.4, -0.2) is 94.9 Å². The number of allylic oxidation sites excluding steroid dienone is 3. The molecule has 7 aromatic rings. The fourth-order valence-electron chi connectivity index (χ4n) is 6.71. The van der Waals surface area contributed by atoms with E-state index in [9.17, 15) is 14.4 Å². The first-order valence-corrected chi connectivity index (χ1v) is 22.9. The molecule has 0 saturated carbocycles. The summed E-state index contributed by atoms with van der Waals surface area (Å²) in [5, 5.41) is 11.6. The van der Waals surface area contributed by atoms with Crippen LogP contribution in [0.25, 0.3) is 17.8 Å². The molecule has 7 heterocycles. The van der Waals surface area contributed by atoms with Gasteiger partial charge in [0.2, 0.25) is 30.5 Å². The molecule has 8 rings (SSSR count). The molecule has 6 aromatic heterocycles. The number of aromatic nitrogens is 12. The molecule has 20 nitrogen and oxygen atoms in total. The fourth-order valence-corrected chi connectivity index (χ4v) is 6.71. The van der Waals surface area contributed by atoms with Crippen LogP contribution in [0.5, 0.6) is 11.5 Å². The second kappa shape index (κ2) is 23.3. The molecular formula is C52H59N13O7. The number of hydrogen-bond donors (Lipinski definition) is 2. The van der Waals surface area contributed by atoms with E-state index in [0.29, 0.717) is 36.7 Å². The summed E-state index contributed by atoms with van der Waals surface area (Å²) in [5.74, 6) is 1.56. The highest BCUT2D eigenvalue weighted by Crippen LogP contribution is 2.32. The van der Waals surface area contributed by atoms with Crippen LogP contribution in [0.1, 0.15) is 88.2 Å². The summed E-state index contributed by atoms with van der Waals surface area (Å²) >= 11 is 0. The molecule has 0 saturated heterocycles. The third-order valence-corrected chi connectivity index (χ3v) is 10.8. The van der Waals surface area contributed by atoms with Crippen LogP contribution in [-0.2, 0) is 41.9 Å². The average molecular weight is 978 g/mol. The van der Waals surface area contributed by atoms with Crippen LogP contribution in [0.4, 0.5) is 0 Å². The Bertz CT molecular complexity index is 3050. The average Bonchev–Trinajstić information content (AvgIpc) is 4.21. The molecule has 0 radical (unpaired) electrons. The number of carboxylic acids is 1. The maximum Gasteiger partial charge on any atom is 0.330 e. The van der Waals surface area contributed by atoms with Gasteiger partial charge in [-0.15, -0.1) is 0 Å². The Morgan fingerprint density at radius 1 is 0.625 bits per heavy atom. The molecule has 72 heavy (non-hydrogen) atoms. The van der Waals surface area contributed by atoms with Gasteiger partial charge in [-0.1, -0.05) is 65.8 Å². The molecule has 0 bridgehead atoms. The van der Waals surface area contributed by atoms with Crippen molar-refractivity contribution in [1.82, 2.24) is 63.9 Å². The molecule has 2 N–H and O–H groups in total. The van der Waals surface area contributed by atoms with E-state index in [0.717, 1.165) is 51.6 Å². The first kappa shape index (κ1) is 52.7. The topological polar surface area (TPSA) is 242 Å². The number of esters is 1. The SMILES string of the molecule is CCOC(=O)/C=C/C(C)(C)c1cc(C)nc(-n2ccnc2)n1.Cc1cc(C(C)(C)/C=C/C(=O)NCc2ccc3c(c2)OCO3)nc(-n2ccnc2)n1.Cc1cc(C(C)(C)/C=C/C(=O)O)nc(-n2ccnc2)n1. The lowest BCUT2D eigenvalue weighted by Gasteiger charge is -2.20. The highest BCUT2D eigenvalue weighted by atomic mass is 16.7. The summed E-state index contributed by atoms with van der Waals surface area (Å²) in [6.07, 6.45) is 24.7. The second-order valence-electron chi connectivity index (χ2n) is 18.2. The predicted octanol–water partition coefficient (Wildman–Crippen LogP) is 7.11. The molecule has 0 aliphatic carbocycles. The molecule has 1 aliphatic heterocycles. The van der Waals surface area contributed by atoms with Crippen molar-refractivity contribution in [1.29, 1.82) is 0 Å². The van der Waals surface area contributed by atoms with Crippen LogP contribution < -0.4 is 14.8 Å². The summed E-state index contributed by atoms with van der Waals surface area (Å²) < 4.78 is 20.8. The highest BCUT2D eigenvalue weighted by molar-refractivity contribution is 5.87. The van der Waals surface area contributed by atoms with Crippen molar-refractivity contribution < 1.29 is 33.7 Å². The number of carbonyl (C=O) groups is 3. The molecule has 0 spiro atoms. The molecule has 0 fully saturated rings. The molecule has 20 heteroatoms. The van der Waals surface area contributed by atoms with Gasteiger partial charge in [0, 0.05) is 89.2 Å². The van der Waals surface area contributed by atoms with Gasteiger partial charge in [-0.25, -0.2) is 54.4 Å². The second-order valence-corrected chi connectivity index (χ2v) is 18.2. The molecule has 1 amide bonds. The molecule has 374 valence electrons. The lowest BCUT2D eigenvalue weighted by Crippen LogP contribution is -2.23. The largest absolute Gasteiger partial charge is 0.478 e. The Kier molecular flexibility index (Phi) is 17.0. The van der Waals surface area contributed by atoms with E-state index in [1.807, 2.05) is 105 Å². The van der Waals surface area contributed by atoms with Crippen LogP contribution in [0.3, 0.4) is 0 Å². The van der Waals surface area contributed by atoms with Gasteiger partial charge in [0.25, 0.3) is 0 Å². The zero-order valence-corrected chi connectivity index (χ0v) is 42.0. The van der Waals surface area contributed by atoms with Crippen molar-refractivity contribution in [3.05, 3.63) is 169 Å². The summed E-state index contributed by atoms with van der Waals surface area (Å²) in [5.41, 5.74) is 4.47. The number of hydrogen-bond acceptors (Lipinski definition) is 15. The number of amides is 1. The van der Waals surface area contributed by atoms with E-state index in [2.05, 4.69) is 50.2 Å². The number of nitrogens with one attached hydrogen (secondary N) is 1. The third-order valence-electron chi connectivity index (χ3n) is 10.8. The monoisotopic (exact) mass is 977 g/mol. The highest BCUT2D eigenvalue weighted by Gasteiger charge is 2.24. The van der Waals surface area contributed by atoms with E-state index in [4.69, 9.17) is 19.3 Å². The molecule has 1 aromatic carbocycles. The number of fused-ring (bicyclic) bond motifs is 1. The van der Waals surface area contributed by atoms with Crippen LogP contribution in [0.2, 0.25) is 0 Å². The van der Waals surface area contributed by atoms with E-state index >= 15 is 0 Å². The lowest BCUT2D eigenvalue weighted by molar-refractivity contribution is -0.137. The lowest BCUT2D eigenvalue weighted by atomic mass is 9.88. The Morgan fingerprint density at radius 2 is 1.06 bits per heavy atom. The number of carbonyl (C=O) groups excluding carboxylic acids is 2. The van der Waals surface area contributed by atoms with Crippen molar-refractivity contribution in [2.75, 3.05) is 13.4 Å². The molecule has 0 unspecified atom stereocenters. The van der Waals surface area contributed by atoms with Crippen molar-refractivity contribution >= 4 is 17.8 Å². The zero-order chi connectivity index (χ0) is 52.1. The predicted molar refractivity (Wildman–Crippen MR) is 267 cm³/mol. The van der Waals surface area contributed by atoms with Gasteiger partial charge in [-0.05, 0) is 69.7 Å². The van der Waals surface area contributed by atoms with E-state index < -0.39 is 22.2 Å². The first-order valence-electron chi connectivity index (χ1n) is 22.9. The summed E-state index contributed by atoms with van der Waals surface area (Å²) in [6.45, 7) is 20.3. The Labute approximate surface area is 417 Å². The van der Waals surface area contributed by atoms with Gasteiger partial charge in [0.05, 0.1) is 23.7 Å². The van der Waals surface area contributed by atoms with E-state index in [-0.39, 0.29) is 18.7 Å². The van der Waals surface area contributed by atoms with Crippen molar-refractivity contribution in [2.24, 2.45) is 0 Å². The standard InChI is InChI=1S/C22H23N5O3.C16H20N4O2.C14H16N4O2/c1-15-10-19(26-21(25-15)27-9-8-23-13-27)22(2,3)7-6-20(28)24-12-16-4-5-17-18(11-16)30-14-29-17;1-5-22-14(21)6-7-16(3,4)13-10-12(2)18-15(19-13)20-9-8-17-11-20;1-10-8-11(14(2,3)5-4-12(19)20)17-13(16-10)18-7-6-15-9-18/h4-11,13H,12,14H2,1-3H3,(H,24,28);6-11H,5H2,1-4H3;4-9H,1-3H3,(H,19,20)/b2*7-6+;5-4+. The van der Waals surface area contributed by atoms with Crippen molar-refractivity contribution in [2.45, 2.75) is 92.0 Å². The van der Waals surface area contributed by atoms with Crippen LogP contribution in [0, 0.1) is 20.8 Å². The minimum Gasteiger partial charge on any atom is -0.478 e. The first-order chi connectivity index (χ1) is 34.2. The normalized spacial score (nSPS) is 12.4. The number of aryl methyl sites for hydroxylation is 3. The van der Waals surface area contributed by atoms with Crippen molar-refractivity contribution in [3.8, 4) is 29.3 Å². The van der Waals surface area contributed by atoms with Gasteiger partial charge >= 0.3 is 11.9 Å². The van der Waals surface area contributed by atoms with Crippen LogP contribution >= 0.6 is 0 Å². The number of benzene rings is 1. The van der Waals surface area contributed by atoms with Crippen molar-refractivity contribution in [3.63, 3.8) is 0 Å². The van der Waals surface area contributed by atoms with Gasteiger partial charge in [0.1, 0.15) is 19.0 Å². The number of imidazole rings is 3.